The summed E-state index contributed by atoms with van der Waals surface area (Å²) >= 11 is 0. The summed E-state index contributed by atoms with van der Waals surface area (Å²) in [7, 11) is 1.92. The Hall–Kier alpha value is -1.69. The number of rotatable bonds is 5. The van der Waals surface area contributed by atoms with Crippen LogP contribution in [-0.4, -0.2) is 31.8 Å². The third-order valence-corrected chi connectivity index (χ3v) is 2.58. The number of hydrogen-bond acceptors (Lipinski definition) is 4. The monoisotopic (exact) mass is 220 g/mol. The van der Waals surface area contributed by atoms with Crippen LogP contribution in [0.1, 0.15) is 24.6 Å². The van der Waals surface area contributed by atoms with Gasteiger partial charge in [-0.15, -0.1) is 0 Å². The molecule has 6 nitrogen and oxygen atoms in total. The lowest BCUT2D eigenvalue weighted by Crippen LogP contribution is -2.22. The van der Waals surface area contributed by atoms with Crippen LogP contribution >= 0.6 is 0 Å². The molecule has 1 atom stereocenters. The number of aryl methyl sites for hydroxylation is 1. The van der Waals surface area contributed by atoms with Crippen LogP contribution < -0.4 is 5.32 Å². The van der Waals surface area contributed by atoms with Crippen LogP contribution in [-0.2, 0) is 13.0 Å². The molecule has 0 aliphatic carbocycles. The van der Waals surface area contributed by atoms with E-state index in [1.165, 1.54) is 0 Å². The normalized spacial score (nSPS) is 12.9. The lowest BCUT2D eigenvalue weighted by molar-refractivity contribution is 0.516. The van der Waals surface area contributed by atoms with Gasteiger partial charge in [-0.05, 0) is 14.0 Å². The predicted octanol–water partition coefficient (Wildman–Crippen LogP) is 0.524. The van der Waals surface area contributed by atoms with Gasteiger partial charge < -0.3 is 10.3 Å². The molecule has 0 fully saturated rings. The summed E-state index contributed by atoms with van der Waals surface area (Å²) < 4.78 is 1.90. The number of hydrogen-bond donors (Lipinski definition) is 2. The van der Waals surface area contributed by atoms with Crippen LogP contribution in [0.4, 0.5) is 0 Å². The molecule has 1 unspecified atom stereocenters. The molecule has 2 aromatic rings. The molecule has 6 heteroatoms. The molecule has 0 radical (unpaired) electrons. The van der Waals surface area contributed by atoms with E-state index in [0.717, 1.165) is 24.6 Å². The van der Waals surface area contributed by atoms with Crippen molar-refractivity contribution in [2.24, 2.45) is 0 Å². The average molecular weight is 220 g/mol. The van der Waals surface area contributed by atoms with Crippen LogP contribution in [0, 0.1) is 0 Å². The molecule has 2 rings (SSSR count). The number of H-pyrrole nitrogens is 1. The van der Waals surface area contributed by atoms with Gasteiger partial charge in [0.25, 0.3) is 0 Å². The van der Waals surface area contributed by atoms with Crippen LogP contribution in [0.25, 0.3) is 0 Å². The van der Waals surface area contributed by atoms with Crippen LogP contribution in [0.2, 0.25) is 0 Å². The molecule has 86 valence electrons. The standard InChI is InChI=1S/C10H16N6/c1-3-16-9(14-7-15-16)6-8(11-2)10-12-4-5-13-10/h4-5,7-8,11H,3,6H2,1-2H3,(H,12,13). The van der Waals surface area contributed by atoms with Gasteiger partial charge in [0.1, 0.15) is 18.0 Å². The second-order valence-corrected chi connectivity index (χ2v) is 3.51. The van der Waals surface area contributed by atoms with E-state index in [9.17, 15) is 0 Å². The van der Waals surface area contributed by atoms with Gasteiger partial charge in [0.2, 0.25) is 0 Å². The number of imidazole rings is 1. The highest BCUT2D eigenvalue weighted by molar-refractivity contribution is 5.00. The minimum absolute atomic E-state index is 0.143. The lowest BCUT2D eigenvalue weighted by Gasteiger charge is -2.13. The van der Waals surface area contributed by atoms with E-state index >= 15 is 0 Å². The molecule has 0 amide bonds. The molecular formula is C10H16N6. The summed E-state index contributed by atoms with van der Waals surface area (Å²) in [6.07, 6.45) is 5.94. The average Bonchev–Trinajstić information content (AvgIpc) is 2.96. The number of nitrogens with zero attached hydrogens (tertiary/aromatic N) is 4. The van der Waals surface area contributed by atoms with Crippen molar-refractivity contribution in [3.63, 3.8) is 0 Å². The van der Waals surface area contributed by atoms with Crippen molar-refractivity contribution in [1.82, 2.24) is 30.0 Å². The quantitative estimate of drug-likeness (QED) is 0.770. The Kier molecular flexibility index (Phi) is 3.31. The third-order valence-electron chi connectivity index (χ3n) is 2.58. The van der Waals surface area contributed by atoms with E-state index in [4.69, 9.17) is 0 Å². The first kappa shape index (κ1) is 10.8. The first-order chi connectivity index (χ1) is 7.85. The van der Waals surface area contributed by atoms with Crippen molar-refractivity contribution in [3.8, 4) is 0 Å². The Morgan fingerprint density at radius 3 is 3.00 bits per heavy atom. The molecule has 0 bridgehead atoms. The summed E-state index contributed by atoms with van der Waals surface area (Å²) in [5.41, 5.74) is 0. The Labute approximate surface area is 94.1 Å². The minimum atomic E-state index is 0.143. The van der Waals surface area contributed by atoms with E-state index in [0.29, 0.717) is 0 Å². The highest BCUT2D eigenvalue weighted by Crippen LogP contribution is 2.12. The Balaban J connectivity index is 2.13. The summed E-state index contributed by atoms with van der Waals surface area (Å²) in [5, 5.41) is 7.37. The predicted molar refractivity (Wildman–Crippen MR) is 59.8 cm³/mol. The number of aromatic nitrogens is 5. The zero-order valence-corrected chi connectivity index (χ0v) is 9.51. The highest BCUT2D eigenvalue weighted by atomic mass is 15.3. The van der Waals surface area contributed by atoms with E-state index < -0.39 is 0 Å². The fourth-order valence-electron chi connectivity index (χ4n) is 1.70. The second kappa shape index (κ2) is 4.89. The van der Waals surface area contributed by atoms with E-state index in [2.05, 4.69) is 32.3 Å². The third kappa shape index (κ3) is 2.11. The van der Waals surface area contributed by atoms with Gasteiger partial charge >= 0.3 is 0 Å². The van der Waals surface area contributed by atoms with Gasteiger partial charge in [-0.25, -0.2) is 9.97 Å². The molecule has 2 aromatic heterocycles. The van der Waals surface area contributed by atoms with Crippen molar-refractivity contribution >= 4 is 0 Å². The molecule has 2 N–H and O–H groups in total. The maximum atomic E-state index is 4.25. The van der Waals surface area contributed by atoms with Crippen molar-refractivity contribution in [2.45, 2.75) is 25.9 Å². The van der Waals surface area contributed by atoms with Crippen LogP contribution in [0.5, 0.6) is 0 Å². The summed E-state index contributed by atoms with van der Waals surface area (Å²) in [6, 6.07) is 0.143. The first-order valence-corrected chi connectivity index (χ1v) is 5.38. The summed E-state index contributed by atoms with van der Waals surface area (Å²) in [4.78, 5) is 11.6. The van der Waals surface area contributed by atoms with Crippen molar-refractivity contribution < 1.29 is 0 Å². The van der Waals surface area contributed by atoms with Crippen LogP contribution in [0.15, 0.2) is 18.7 Å². The SMILES string of the molecule is CCn1ncnc1CC(NC)c1ncc[nH]1. The topological polar surface area (TPSA) is 71.4 Å². The Morgan fingerprint density at radius 1 is 1.50 bits per heavy atom. The van der Waals surface area contributed by atoms with Gasteiger partial charge in [-0.1, -0.05) is 0 Å². The molecule has 0 spiro atoms. The Morgan fingerprint density at radius 2 is 2.38 bits per heavy atom. The molecule has 0 aliphatic heterocycles. The fraction of sp³-hybridized carbons (Fsp3) is 0.500. The van der Waals surface area contributed by atoms with Gasteiger partial charge in [0, 0.05) is 25.4 Å². The van der Waals surface area contributed by atoms with E-state index in [-0.39, 0.29) is 6.04 Å². The molecule has 0 aliphatic rings. The zero-order chi connectivity index (χ0) is 11.4. The molecule has 0 aromatic carbocycles. The van der Waals surface area contributed by atoms with Crippen molar-refractivity contribution in [3.05, 3.63) is 30.4 Å². The lowest BCUT2D eigenvalue weighted by atomic mass is 10.2. The largest absolute Gasteiger partial charge is 0.347 e. The van der Waals surface area contributed by atoms with Crippen LogP contribution in [0.3, 0.4) is 0 Å². The molecule has 2 heterocycles. The molecule has 0 saturated heterocycles. The van der Waals surface area contributed by atoms with Gasteiger partial charge in [0.05, 0.1) is 6.04 Å². The maximum Gasteiger partial charge on any atom is 0.138 e. The summed E-state index contributed by atoms with van der Waals surface area (Å²) in [6.45, 7) is 2.89. The molecule has 16 heavy (non-hydrogen) atoms. The van der Waals surface area contributed by atoms with Gasteiger partial charge in [-0.3, -0.25) is 4.68 Å². The number of aromatic amines is 1. The minimum Gasteiger partial charge on any atom is -0.347 e. The smallest absolute Gasteiger partial charge is 0.138 e. The van der Waals surface area contributed by atoms with Crippen molar-refractivity contribution in [2.75, 3.05) is 7.05 Å². The highest BCUT2D eigenvalue weighted by Gasteiger charge is 2.15. The van der Waals surface area contributed by atoms with E-state index in [1.807, 2.05) is 17.9 Å². The first-order valence-electron chi connectivity index (χ1n) is 5.38. The Bertz CT molecular complexity index is 418. The van der Waals surface area contributed by atoms with Gasteiger partial charge in [0.15, 0.2) is 0 Å². The van der Waals surface area contributed by atoms with E-state index in [1.54, 1.807) is 12.5 Å². The molecular weight excluding hydrogens is 204 g/mol. The maximum absolute atomic E-state index is 4.25. The van der Waals surface area contributed by atoms with Crippen molar-refractivity contribution in [1.29, 1.82) is 0 Å². The molecule has 0 saturated carbocycles. The summed E-state index contributed by atoms with van der Waals surface area (Å²) in [5.74, 6) is 1.89. The zero-order valence-electron chi connectivity index (χ0n) is 9.51. The number of likely N-dealkylation sites (N-methyl/N-ethyl adjacent to an activating group) is 1. The fourth-order valence-corrected chi connectivity index (χ4v) is 1.70. The number of nitrogens with one attached hydrogen (secondary N) is 2. The second-order valence-electron chi connectivity index (χ2n) is 3.51. The van der Waals surface area contributed by atoms with Gasteiger partial charge in [-0.2, -0.15) is 5.10 Å².